The molecule has 0 aliphatic carbocycles. The van der Waals surface area contributed by atoms with E-state index < -0.39 is 18.2 Å². The van der Waals surface area contributed by atoms with Gasteiger partial charge in [-0.1, -0.05) is 230 Å². The number of unbranched alkanes of at least 4 members (excludes halogenated alkanes) is 31. The number of hydrogen-bond donors (Lipinski definition) is 4. The summed E-state index contributed by atoms with van der Waals surface area (Å²) in [4.78, 5) is 12.5. The molecule has 0 aromatic rings. The number of carbonyl (C=O) groups is 1. The molecule has 324 valence electrons. The van der Waals surface area contributed by atoms with E-state index >= 15 is 0 Å². The molecule has 3 unspecified atom stereocenters. The van der Waals surface area contributed by atoms with Crippen molar-refractivity contribution in [1.29, 1.82) is 0 Å². The third kappa shape index (κ3) is 42.0. The van der Waals surface area contributed by atoms with Crippen molar-refractivity contribution >= 4 is 5.91 Å². The number of hydrogen-bond acceptors (Lipinski definition) is 4. The summed E-state index contributed by atoms with van der Waals surface area (Å²) in [5, 5.41) is 33.3. The standard InChI is InChI=1S/C50H95NO4/c1-3-5-7-9-11-13-15-17-19-21-22-23-24-25-26-28-29-31-33-35-37-39-41-43-47(53)45-50(55)51-48(46-52)49(54)44-42-40-38-36-34-32-30-27-20-18-16-14-12-10-8-6-4-2/h22-23,25-26,42,44,47-49,52-54H,3-21,24,27-41,43,45-46H2,1-2H3,(H,51,55)/b23-22-,26-25-,44-42+. The van der Waals surface area contributed by atoms with Gasteiger partial charge in [0.1, 0.15) is 0 Å². The molecule has 0 aromatic carbocycles. The van der Waals surface area contributed by atoms with Crippen LogP contribution in [0.1, 0.15) is 251 Å². The SMILES string of the molecule is CCCCCCCCCCC/C=C\C/C=C\CCCCCCCCCC(O)CC(=O)NC(CO)C(O)/C=C/CCCCCCCCCCCCCCCCC. The van der Waals surface area contributed by atoms with E-state index in [1.165, 1.54) is 193 Å². The number of nitrogens with one attached hydrogen (secondary N) is 1. The molecule has 55 heavy (non-hydrogen) atoms. The fourth-order valence-corrected chi connectivity index (χ4v) is 7.43. The Balaban J connectivity index is 3.65. The summed E-state index contributed by atoms with van der Waals surface area (Å²) in [6, 6.07) is -0.747. The molecule has 0 saturated heterocycles. The van der Waals surface area contributed by atoms with Crippen molar-refractivity contribution in [2.45, 2.75) is 270 Å². The molecule has 0 radical (unpaired) electrons. The van der Waals surface area contributed by atoms with Gasteiger partial charge >= 0.3 is 0 Å². The first kappa shape index (κ1) is 53.6. The summed E-state index contributed by atoms with van der Waals surface area (Å²) < 4.78 is 0. The third-order valence-electron chi connectivity index (χ3n) is 11.2. The normalized spacial score (nSPS) is 13.8. The van der Waals surface area contributed by atoms with E-state index in [0.717, 1.165) is 32.1 Å². The molecule has 0 saturated carbocycles. The molecular weight excluding hydrogens is 679 g/mol. The summed E-state index contributed by atoms with van der Waals surface area (Å²) in [5.74, 6) is -0.319. The number of aliphatic hydroxyl groups excluding tert-OH is 3. The van der Waals surface area contributed by atoms with Crippen LogP contribution in [0.25, 0.3) is 0 Å². The fourth-order valence-electron chi connectivity index (χ4n) is 7.43. The molecule has 0 aliphatic heterocycles. The first-order valence-corrected chi connectivity index (χ1v) is 24.3. The Labute approximate surface area is 343 Å². The van der Waals surface area contributed by atoms with E-state index in [-0.39, 0.29) is 18.9 Å². The van der Waals surface area contributed by atoms with Crippen LogP contribution in [0.3, 0.4) is 0 Å². The molecule has 5 heteroatoms. The molecule has 5 nitrogen and oxygen atoms in total. The Morgan fingerprint density at radius 3 is 1.20 bits per heavy atom. The van der Waals surface area contributed by atoms with Gasteiger partial charge in [-0.3, -0.25) is 4.79 Å². The predicted octanol–water partition coefficient (Wildman–Crippen LogP) is 14.3. The average molecular weight is 774 g/mol. The van der Waals surface area contributed by atoms with Gasteiger partial charge in [-0.05, 0) is 51.4 Å². The monoisotopic (exact) mass is 774 g/mol. The lowest BCUT2D eigenvalue weighted by molar-refractivity contribution is -0.124. The lowest BCUT2D eigenvalue weighted by atomic mass is 10.0. The maximum absolute atomic E-state index is 12.5. The van der Waals surface area contributed by atoms with E-state index in [1.807, 2.05) is 6.08 Å². The zero-order valence-corrected chi connectivity index (χ0v) is 36.8. The zero-order valence-electron chi connectivity index (χ0n) is 36.8. The fraction of sp³-hybridized carbons (Fsp3) is 0.860. The van der Waals surface area contributed by atoms with Crippen molar-refractivity contribution in [3.8, 4) is 0 Å². The van der Waals surface area contributed by atoms with Gasteiger partial charge in [0.25, 0.3) is 0 Å². The van der Waals surface area contributed by atoms with Gasteiger partial charge in [0.05, 0.1) is 31.3 Å². The minimum atomic E-state index is -0.931. The molecule has 0 fully saturated rings. The van der Waals surface area contributed by atoms with Crippen LogP contribution in [-0.4, -0.2) is 46.1 Å². The van der Waals surface area contributed by atoms with Crippen LogP contribution in [0.2, 0.25) is 0 Å². The van der Waals surface area contributed by atoms with Crippen LogP contribution in [-0.2, 0) is 4.79 Å². The van der Waals surface area contributed by atoms with Gasteiger partial charge in [0.2, 0.25) is 5.91 Å². The smallest absolute Gasteiger partial charge is 0.222 e. The second-order valence-electron chi connectivity index (χ2n) is 16.7. The summed E-state index contributed by atoms with van der Waals surface area (Å²) in [7, 11) is 0. The second kappa shape index (κ2) is 45.3. The van der Waals surface area contributed by atoms with Crippen molar-refractivity contribution < 1.29 is 20.1 Å². The highest BCUT2D eigenvalue weighted by Gasteiger charge is 2.20. The Hall–Kier alpha value is -1.43. The maximum Gasteiger partial charge on any atom is 0.222 e. The second-order valence-corrected chi connectivity index (χ2v) is 16.7. The van der Waals surface area contributed by atoms with E-state index in [0.29, 0.717) is 6.42 Å². The Morgan fingerprint density at radius 1 is 0.473 bits per heavy atom. The van der Waals surface area contributed by atoms with Crippen molar-refractivity contribution in [3.63, 3.8) is 0 Å². The molecule has 0 heterocycles. The largest absolute Gasteiger partial charge is 0.394 e. The highest BCUT2D eigenvalue weighted by Crippen LogP contribution is 2.16. The molecule has 1 amide bonds. The van der Waals surface area contributed by atoms with Crippen LogP contribution in [0.4, 0.5) is 0 Å². The Kier molecular flexibility index (Phi) is 44.1. The van der Waals surface area contributed by atoms with Gasteiger partial charge in [-0.2, -0.15) is 0 Å². The molecule has 0 spiro atoms. The molecule has 3 atom stereocenters. The Bertz CT molecular complexity index is 855. The molecular formula is C50H95NO4. The van der Waals surface area contributed by atoms with Crippen LogP contribution >= 0.6 is 0 Å². The topological polar surface area (TPSA) is 89.8 Å². The van der Waals surface area contributed by atoms with Crippen molar-refractivity contribution in [2.75, 3.05) is 6.61 Å². The van der Waals surface area contributed by atoms with E-state index in [1.54, 1.807) is 6.08 Å². The van der Waals surface area contributed by atoms with E-state index in [4.69, 9.17) is 0 Å². The number of rotatable bonds is 44. The average Bonchev–Trinajstić information content (AvgIpc) is 3.18. The number of carbonyl (C=O) groups excluding carboxylic acids is 1. The third-order valence-corrected chi connectivity index (χ3v) is 11.2. The molecule has 0 bridgehead atoms. The lowest BCUT2D eigenvalue weighted by Gasteiger charge is -2.21. The summed E-state index contributed by atoms with van der Waals surface area (Å²) in [6.07, 6.45) is 57.2. The van der Waals surface area contributed by atoms with Crippen LogP contribution in [0.5, 0.6) is 0 Å². The van der Waals surface area contributed by atoms with Crippen LogP contribution in [0.15, 0.2) is 36.5 Å². The quantitative estimate of drug-likeness (QED) is 0.0367. The van der Waals surface area contributed by atoms with Gasteiger partial charge < -0.3 is 20.6 Å². The molecule has 0 aromatic heterocycles. The first-order chi connectivity index (χ1) is 27.0. The van der Waals surface area contributed by atoms with Crippen LogP contribution < -0.4 is 5.32 Å². The maximum atomic E-state index is 12.5. The van der Waals surface area contributed by atoms with Gasteiger partial charge in [0, 0.05) is 0 Å². The van der Waals surface area contributed by atoms with Crippen LogP contribution in [0, 0.1) is 0 Å². The minimum Gasteiger partial charge on any atom is -0.394 e. The van der Waals surface area contributed by atoms with Crippen molar-refractivity contribution in [3.05, 3.63) is 36.5 Å². The summed E-state index contributed by atoms with van der Waals surface area (Å²) in [6.45, 7) is 4.22. The van der Waals surface area contributed by atoms with Crippen molar-refractivity contribution in [2.24, 2.45) is 0 Å². The zero-order chi connectivity index (χ0) is 40.1. The summed E-state index contributed by atoms with van der Waals surface area (Å²) >= 11 is 0. The number of aliphatic hydroxyl groups is 3. The molecule has 0 aliphatic rings. The molecule has 0 rings (SSSR count). The first-order valence-electron chi connectivity index (χ1n) is 24.3. The van der Waals surface area contributed by atoms with Crippen molar-refractivity contribution in [1.82, 2.24) is 5.32 Å². The van der Waals surface area contributed by atoms with Gasteiger partial charge in [-0.25, -0.2) is 0 Å². The highest BCUT2D eigenvalue weighted by atomic mass is 16.3. The lowest BCUT2D eigenvalue weighted by Crippen LogP contribution is -2.45. The summed E-state index contributed by atoms with van der Waals surface area (Å²) in [5.41, 5.74) is 0. The number of allylic oxidation sites excluding steroid dienone is 5. The highest BCUT2D eigenvalue weighted by molar-refractivity contribution is 5.76. The van der Waals surface area contributed by atoms with E-state index in [2.05, 4.69) is 43.5 Å². The van der Waals surface area contributed by atoms with E-state index in [9.17, 15) is 20.1 Å². The minimum absolute atomic E-state index is 0.00861. The number of amides is 1. The Morgan fingerprint density at radius 2 is 0.818 bits per heavy atom. The predicted molar refractivity (Wildman–Crippen MR) is 241 cm³/mol. The van der Waals surface area contributed by atoms with Gasteiger partial charge in [0.15, 0.2) is 0 Å². The van der Waals surface area contributed by atoms with Gasteiger partial charge in [-0.15, -0.1) is 0 Å². The molecule has 4 N–H and O–H groups in total.